The fraction of sp³-hybridized carbons (Fsp3) is 0. The van der Waals surface area contributed by atoms with Crippen LogP contribution in [0, 0.1) is 0 Å². The van der Waals surface area contributed by atoms with Crippen LogP contribution in [0.4, 0.5) is 5.69 Å². The van der Waals surface area contributed by atoms with Gasteiger partial charge < -0.3 is 10.9 Å². The maximum Gasteiger partial charge on any atom is 0.0773 e. The zero-order valence-electron chi connectivity index (χ0n) is 6.47. The van der Waals surface area contributed by atoms with Gasteiger partial charge in [0.2, 0.25) is 0 Å². The van der Waals surface area contributed by atoms with Gasteiger partial charge in [0.15, 0.2) is 0 Å². The monoisotopic (exact) mass is 235 g/mol. The molecule has 0 fully saturated rings. The summed E-state index contributed by atoms with van der Waals surface area (Å²) in [6.07, 6.45) is 0. The first-order chi connectivity index (χ1) is 6.24. The van der Waals surface area contributed by atoms with E-state index in [0.29, 0.717) is 10.0 Å². The van der Waals surface area contributed by atoms with Crippen LogP contribution in [0.5, 0.6) is 0 Å². The Morgan fingerprint density at radius 2 is 2.00 bits per heavy atom. The van der Waals surface area contributed by atoms with E-state index in [0.717, 1.165) is 5.69 Å². The molecular formula is C7H7Cl2N3S. The van der Waals surface area contributed by atoms with Crippen LogP contribution in [-0.4, -0.2) is 5.49 Å². The molecule has 0 aliphatic heterocycles. The zero-order chi connectivity index (χ0) is 9.68. The number of hydrogen-bond donors (Lipinski definition) is 3. The molecule has 6 heteroatoms. The molecule has 0 atom stereocenters. The topological polar surface area (TPSA) is 36.1 Å². The fourth-order valence-corrected chi connectivity index (χ4v) is 1.07. The second-order valence-corrected chi connectivity index (χ2v) is 3.19. The average Bonchev–Trinajstić information content (AvgIpc) is 2.12. The number of nitrogens with one attached hydrogen (secondary N) is 3. The van der Waals surface area contributed by atoms with E-state index in [1.165, 1.54) is 5.49 Å². The molecule has 0 saturated carbocycles. The number of rotatable bonds is 4. The van der Waals surface area contributed by atoms with Crippen LogP contribution in [0.2, 0.25) is 10.0 Å². The quantitative estimate of drug-likeness (QED) is 0.426. The molecule has 1 aromatic rings. The summed E-state index contributed by atoms with van der Waals surface area (Å²) in [6.45, 7) is 0. The first kappa shape index (κ1) is 10.5. The summed E-state index contributed by atoms with van der Waals surface area (Å²) in [5.41, 5.74) is 10.2. The van der Waals surface area contributed by atoms with Gasteiger partial charge in [-0.2, -0.15) is 0 Å². The predicted molar refractivity (Wildman–Crippen MR) is 60.0 cm³/mol. The summed E-state index contributed by atoms with van der Waals surface area (Å²) >= 11 is 16.0. The van der Waals surface area contributed by atoms with Gasteiger partial charge in [0.1, 0.15) is 0 Å². The molecule has 0 aliphatic rings. The maximum atomic E-state index is 5.78. The first-order valence-electron chi connectivity index (χ1n) is 3.39. The van der Waals surface area contributed by atoms with Crippen LogP contribution in [0.1, 0.15) is 0 Å². The van der Waals surface area contributed by atoms with Crippen molar-refractivity contribution in [2.24, 2.45) is 0 Å². The Kier molecular flexibility index (Phi) is 4.24. The lowest BCUT2D eigenvalue weighted by Gasteiger charge is -2.07. The van der Waals surface area contributed by atoms with Crippen LogP contribution in [0.15, 0.2) is 18.2 Å². The largest absolute Gasteiger partial charge is 0.304 e. The van der Waals surface area contributed by atoms with Gasteiger partial charge in [-0.25, -0.2) is 0 Å². The van der Waals surface area contributed by atoms with Crippen LogP contribution in [0.25, 0.3) is 0 Å². The van der Waals surface area contributed by atoms with Gasteiger partial charge in [-0.1, -0.05) is 35.4 Å². The third-order valence-electron chi connectivity index (χ3n) is 1.26. The van der Waals surface area contributed by atoms with Crippen molar-refractivity contribution in [2.45, 2.75) is 0 Å². The summed E-state index contributed by atoms with van der Waals surface area (Å²) in [5, 5.41) is 1.02. The third kappa shape index (κ3) is 3.36. The molecule has 0 spiro atoms. The highest BCUT2D eigenvalue weighted by molar-refractivity contribution is 7.78. The van der Waals surface area contributed by atoms with E-state index in [9.17, 15) is 0 Å². The van der Waals surface area contributed by atoms with Crippen molar-refractivity contribution >= 4 is 46.6 Å². The smallest absolute Gasteiger partial charge is 0.0773 e. The lowest BCUT2D eigenvalue weighted by molar-refractivity contribution is 0.773. The Hall–Kier alpha value is -0.550. The molecule has 3 nitrogen and oxygen atoms in total. The molecule has 0 unspecified atom stereocenters. The Morgan fingerprint density at radius 3 is 2.62 bits per heavy atom. The van der Waals surface area contributed by atoms with E-state index in [-0.39, 0.29) is 0 Å². The van der Waals surface area contributed by atoms with Crippen molar-refractivity contribution in [2.75, 3.05) is 5.43 Å². The van der Waals surface area contributed by atoms with Gasteiger partial charge in [0, 0.05) is 0 Å². The number of thiocarbonyl (C=S) groups is 1. The van der Waals surface area contributed by atoms with Gasteiger partial charge in [0.25, 0.3) is 0 Å². The minimum atomic E-state index is 0.496. The molecule has 0 aliphatic carbocycles. The highest BCUT2D eigenvalue weighted by atomic mass is 35.5. The van der Waals surface area contributed by atoms with Crippen molar-refractivity contribution in [3.05, 3.63) is 28.2 Å². The second-order valence-electron chi connectivity index (χ2n) is 2.14. The minimum Gasteiger partial charge on any atom is -0.304 e. The second kappa shape index (κ2) is 5.24. The average molecular weight is 236 g/mol. The molecule has 70 valence electrons. The van der Waals surface area contributed by atoms with Gasteiger partial charge in [-0.3, -0.25) is 0 Å². The highest BCUT2D eigenvalue weighted by Crippen LogP contribution is 2.24. The van der Waals surface area contributed by atoms with Crippen LogP contribution >= 0.6 is 35.4 Å². The summed E-state index contributed by atoms with van der Waals surface area (Å²) in [4.78, 5) is 0. The Labute approximate surface area is 91.4 Å². The van der Waals surface area contributed by atoms with E-state index in [1.54, 1.807) is 18.2 Å². The van der Waals surface area contributed by atoms with Crippen LogP contribution in [0.3, 0.4) is 0 Å². The molecule has 13 heavy (non-hydrogen) atoms. The molecule has 3 N–H and O–H groups in total. The summed E-state index contributed by atoms with van der Waals surface area (Å²) in [7, 11) is 0. The molecule has 1 aromatic carbocycles. The van der Waals surface area contributed by atoms with E-state index in [1.807, 2.05) is 0 Å². The molecule has 0 heterocycles. The molecule has 0 bridgehead atoms. The maximum absolute atomic E-state index is 5.78. The molecule has 0 saturated heterocycles. The fourth-order valence-electron chi connectivity index (χ4n) is 0.712. The molecule has 0 radical (unpaired) electrons. The van der Waals surface area contributed by atoms with E-state index >= 15 is 0 Å². The van der Waals surface area contributed by atoms with E-state index in [2.05, 4.69) is 28.6 Å². The van der Waals surface area contributed by atoms with Crippen LogP contribution < -0.4 is 16.4 Å². The van der Waals surface area contributed by atoms with Crippen molar-refractivity contribution in [3.8, 4) is 0 Å². The van der Waals surface area contributed by atoms with Crippen molar-refractivity contribution < 1.29 is 0 Å². The lowest BCUT2D eigenvalue weighted by Crippen LogP contribution is -2.34. The van der Waals surface area contributed by atoms with Gasteiger partial charge in [0.05, 0.1) is 21.2 Å². The minimum absolute atomic E-state index is 0.496. The Morgan fingerprint density at radius 1 is 1.23 bits per heavy atom. The normalized spacial score (nSPS) is 9.38. The first-order valence-corrected chi connectivity index (χ1v) is 4.62. The zero-order valence-corrected chi connectivity index (χ0v) is 8.80. The van der Waals surface area contributed by atoms with Crippen molar-refractivity contribution in [1.29, 1.82) is 0 Å². The van der Waals surface area contributed by atoms with Gasteiger partial charge >= 0.3 is 0 Å². The van der Waals surface area contributed by atoms with Crippen molar-refractivity contribution in [3.63, 3.8) is 0 Å². The number of hydrogen-bond acceptors (Lipinski definition) is 3. The number of halogens is 2. The summed E-state index contributed by atoms with van der Waals surface area (Å²) in [6, 6.07) is 5.18. The number of benzene rings is 1. The molecule has 0 aromatic heterocycles. The van der Waals surface area contributed by atoms with Crippen molar-refractivity contribution in [1.82, 2.24) is 11.0 Å². The molecule has 1 rings (SSSR count). The number of anilines is 1. The molecule has 0 amide bonds. The lowest BCUT2D eigenvalue weighted by atomic mass is 10.3. The van der Waals surface area contributed by atoms with Gasteiger partial charge in [-0.05, 0) is 18.2 Å². The predicted octanol–water partition coefficient (Wildman–Crippen LogP) is 2.37. The standard InChI is InChI=1S/C7H7Cl2N3S/c8-6-2-1-5(3-7(6)9)11-12-10-4-13/h1-4,11-12H,(H,10,13). The van der Waals surface area contributed by atoms with E-state index < -0.39 is 0 Å². The molecular weight excluding hydrogens is 229 g/mol. The number of hydrazine groups is 2. The summed E-state index contributed by atoms with van der Waals surface area (Å²) < 4.78 is 0. The highest BCUT2D eigenvalue weighted by Gasteiger charge is 1.97. The third-order valence-corrected chi connectivity index (χ3v) is 2.11. The summed E-state index contributed by atoms with van der Waals surface area (Å²) in [5.74, 6) is 0. The Balaban J connectivity index is 2.57. The van der Waals surface area contributed by atoms with E-state index in [4.69, 9.17) is 23.2 Å². The Bertz CT molecular complexity index is 306. The SMILES string of the molecule is S=CNNNc1ccc(Cl)c(Cl)c1. The van der Waals surface area contributed by atoms with Crippen LogP contribution in [-0.2, 0) is 0 Å². The van der Waals surface area contributed by atoms with Gasteiger partial charge in [-0.15, -0.1) is 5.53 Å².